The van der Waals surface area contributed by atoms with Crippen LogP contribution in [0.4, 0.5) is 0 Å². The number of thiophene rings is 1. The van der Waals surface area contributed by atoms with Crippen molar-refractivity contribution in [2.75, 3.05) is 26.2 Å². The lowest BCUT2D eigenvalue weighted by molar-refractivity contribution is 0.0633. The van der Waals surface area contributed by atoms with Crippen LogP contribution in [0.25, 0.3) is 10.9 Å². The largest absolute Gasteiger partial charge is 0.335 e. The van der Waals surface area contributed by atoms with Crippen LogP contribution in [-0.2, 0) is 6.54 Å². The molecule has 4 rings (SSSR count). The summed E-state index contributed by atoms with van der Waals surface area (Å²) in [6.07, 6.45) is 1.85. The zero-order valence-electron chi connectivity index (χ0n) is 14.3. The lowest BCUT2D eigenvalue weighted by Gasteiger charge is -2.34. The maximum Gasteiger partial charge on any atom is 0.264 e. The monoisotopic (exact) mass is 351 g/mol. The van der Waals surface area contributed by atoms with Crippen LogP contribution in [0.5, 0.6) is 0 Å². The van der Waals surface area contributed by atoms with Crippen molar-refractivity contribution in [1.82, 2.24) is 14.8 Å². The molecule has 1 aliphatic heterocycles. The molecule has 0 unspecified atom stereocenters. The number of rotatable bonds is 3. The number of nitrogens with zero attached hydrogens (tertiary/aromatic N) is 3. The molecule has 0 N–H and O–H groups in total. The first-order chi connectivity index (χ1) is 12.2. The summed E-state index contributed by atoms with van der Waals surface area (Å²) in [4.78, 5) is 22.4. The second kappa shape index (κ2) is 6.94. The van der Waals surface area contributed by atoms with Gasteiger partial charge in [0.1, 0.15) is 0 Å². The van der Waals surface area contributed by atoms with Crippen LogP contribution in [0, 0.1) is 6.92 Å². The Hall–Kier alpha value is -2.24. The third-order valence-electron chi connectivity index (χ3n) is 4.83. The fourth-order valence-corrected chi connectivity index (χ4v) is 4.27. The van der Waals surface area contributed by atoms with Crippen LogP contribution < -0.4 is 0 Å². The summed E-state index contributed by atoms with van der Waals surface area (Å²) in [6, 6.07) is 12.4. The summed E-state index contributed by atoms with van der Waals surface area (Å²) in [5, 5.41) is 3.17. The number of benzene rings is 1. The molecule has 3 heterocycles. The summed E-state index contributed by atoms with van der Waals surface area (Å²) in [7, 11) is 0. The summed E-state index contributed by atoms with van der Waals surface area (Å²) in [6.45, 7) is 6.27. The standard InChI is InChI=1S/C20H21N3OS/c1-15-7-13-25-19(15)20(24)23-11-9-22(10-12-23)14-17-5-2-4-16-6-3-8-21-18(16)17/h2-8,13H,9-12,14H2,1H3. The van der Waals surface area contributed by atoms with E-state index in [2.05, 4.69) is 34.1 Å². The highest BCUT2D eigenvalue weighted by Crippen LogP contribution is 2.21. The van der Waals surface area contributed by atoms with Crippen LogP contribution in [0.15, 0.2) is 48.0 Å². The van der Waals surface area contributed by atoms with Crippen molar-refractivity contribution >= 4 is 28.1 Å². The normalized spacial score (nSPS) is 15.6. The molecule has 1 aromatic carbocycles. The summed E-state index contributed by atoms with van der Waals surface area (Å²) in [5.41, 5.74) is 3.42. The first-order valence-corrected chi connectivity index (χ1v) is 9.49. The number of amides is 1. The van der Waals surface area contributed by atoms with E-state index in [-0.39, 0.29) is 5.91 Å². The maximum atomic E-state index is 12.6. The Morgan fingerprint density at radius 3 is 2.68 bits per heavy atom. The van der Waals surface area contributed by atoms with Gasteiger partial charge < -0.3 is 4.90 Å². The van der Waals surface area contributed by atoms with Gasteiger partial charge in [-0.05, 0) is 35.6 Å². The van der Waals surface area contributed by atoms with Crippen LogP contribution in [0.3, 0.4) is 0 Å². The Balaban J connectivity index is 1.42. The molecule has 0 bridgehead atoms. The fraction of sp³-hybridized carbons (Fsp3) is 0.300. The highest BCUT2D eigenvalue weighted by Gasteiger charge is 2.24. The van der Waals surface area contributed by atoms with Crippen molar-refractivity contribution in [3.63, 3.8) is 0 Å². The lowest BCUT2D eigenvalue weighted by Crippen LogP contribution is -2.48. The van der Waals surface area contributed by atoms with Crippen molar-refractivity contribution in [2.24, 2.45) is 0 Å². The van der Waals surface area contributed by atoms with Crippen molar-refractivity contribution in [3.8, 4) is 0 Å². The predicted molar refractivity (Wildman–Crippen MR) is 102 cm³/mol. The van der Waals surface area contributed by atoms with Gasteiger partial charge in [-0.25, -0.2) is 0 Å². The number of hydrogen-bond acceptors (Lipinski definition) is 4. The molecule has 5 heteroatoms. The van der Waals surface area contributed by atoms with E-state index in [1.165, 1.54) is 10.9 Å². The van der Waals surface area contributed by atoms with E-state index < -0.39 is 0 Å². The number of aromatic nitrogens is 1. The van der Waals surface area contributed by atoms with E-state index in [1.807, 2.05) is 35.5 Å². The van der Waals surface area contributed by atoms with Gasteiger partial charge >= 0.3 is 0 Å². The van der Waals surface area contributed by atoms with E-state index in [0.717, 1.165) is 48.7 Å². The molecule has 1 fully saturated rings. The zero-order chi connectivity index (χ0) is 17.2. The minimum absolute atomic E-state index is 0.180. The molecule has 128 valence electrons. The molecule has 0 saturated carbocycles. The smallest absolute Gasteiger partial charge is 0.264 e. The molecule has 1 amide bonds. The van der Waals surface area contributed by atoms with Crippen molar-refractivity contribution < 1.29 is 4.79 Å². The van der Waals surface area contributed by atoms with Gasteiger partial charge in [0.25, 0.3) is 5.91 Å². The number of pyridine rings is 1. The minimum Gasteiger partial charge on any atom is -0.335 e. The molecule has 1 saturated heterocycles. The van der Waals surface area contributed by atoms with Gasteiger partial charge in [0.15, 0.2) is 0 Å². The number of carbonyl (C=O) groups excluding carboxylic acids is 1. The van der Waals surface area contributed by atoms with Crippen LogP contribution in [-0.4, -0.2) is 46.9 Å². The van der Waals surface area contributed by atoms with E-state index in [4.69, 9.17) is 0 Å². The third kappa shape index (κ3) is 3.30. The third-order valence-corrected chi connectivity index (χ3v) is 5.83. The number of hydrogen-bond donors (Lipinski definition) is 0. The van der Waals surface area contributed by atoms with Gasteiger partial charge in [0.05, 0.1) is 10.4 Å². The van der Waals surface area contributed by atoms with Crippen molar-refractivity contribution in [1.29, 1.82) is 0 Å². The SMILES string of the molecule is Cc1ccsc1C(=O)N1CCN(Cc2cccc3cccnc23)CC1. The Morgan fingerprint density at radius 2 is 1.92 bits per heavy atom. The highest BCUT2D eigenvalue weighted by molar-refractivity contribution is 7.12. The van der Waals surface area contributed by atoms with Gasteiger partial charge in [-0.2, -0.15) is 0 Å². The molecule has 2 aromatic heterocycles. The van der Waals surface area contributed by atoms with Crippen molar-refractivity contribution in [2.45, 2.75) is 13.5 Å². The molecular formula is C20H21N3OS. The number of piperazine rings is 1. The summed E-state index contributed by atoms with van der Waals surface area (Å²) in [5.74, 6) is 0.180. The van der Waals surface area contributed by atoms with Crippen LogP contribution >= 0.6 is 11.3 Å². The molecule has 3 aromatic rings. The first-order valence-electron chi connectivity index (χ1n) is 8.61. The van der Waals surface area contributed by atoms with E-state index in [9.17, 15) is 4.79 Å². The minimum atomic E-state index is 0.180. The molecule has 1 aliphatic rings. The lowest BCUT2D eigenvalue weighted by atomic mass is 10.1. The van der Waals surface area contributed by atoms with Gasteiger partial charge in [0.2, 0.25) is 0 Å². The molecule has 0 radical (unpaired) electrons. The molecule has 0 aliphatic carbocycles. The van der Waals surface area contributed by atoms with E-state index >= 15 is 0 Å². The predicted octanol–water partition coefficient (Wildman–Crippen LogP) is 3.56. The topological polar surface area (TPSA) is 36.4 Å². The number of aryl methyl sites for hydroxylation is 1. The summed E-state index contributed by atoms with van der Waals surface area (Å²) < 4.78 is 0. The Bertz CT molecular complexity index is 891. The fourth-order valence-electron chi connectivity index (χ4n) is 3.38. The zero-order valence-corrected chi connectivity index (χ0v) is 15.1. The van der Waals surface area contributed by atoms with Crippen LogP contribution in [0.2, 0.25) is 0 Å². The van der Waals surface area contributed by atoms with Gasteiger partial charge in [-0.3, -0.25) is 14.7 Å². The van der Waals surface area contributed by atoms with Gasteiger partial charge in [-0.1, -0.05) is 24.3 Å². The van der Waals surface area contributed by atoms with Gasteiger partial charge in [0, 0.05) is 44.3 Å². The van der Waals surface area contributed by atoms with E-state index in [0.29, 0.717) is 0 Å². The first kappa shape index (κ1) is 16.2. The number of para-hydroxylation sites is 1. The average Bonchev–Trinajstić information content (AvgIpc) is 3.08. The Labute approximate surface area is 151 Å². The maximum absolute atomic E-state index is 12.6. The molecule has 4 nitrogen and oxygen atoms in total. The van der Waals surface area contributed by atoms with Crippen LogP contribution in [0.1, 0.15) is 20.8 Å². The second-order valence-corrected chi connectivity index (χ2v) is 7.41. The Morgan fingerprint density at radius 1 is 1.12 bits per heavy atom. The van der Waals surface area contributed by atoms with E-state index in [1.54, 1.807) is 11.3 Å². The average molecular weight is 351 g/mol. The highest BCUT2D eigenvalue weighted by atomic mass is 32.1. The van der Waals surface area contributed by atoms with Gasteiger partial charge in [-0.15, -0.1) is 11.3 Å². The molecule has 0 atom stereocenters. The molecule has 0 spiro atoms. The summed E-state index contributed by atoms with van der Waals surface area (Å²) >= 11 is 1.54. The quantitative estimate of drug-likeness (QED) is 0.724. The molecular weight excluding hydrogens is 330 g/mol. The Kier molecular flexibility index (Phi) is 4.51. The van der Waals surface area contributed by atoms with Crippen molar-refractivity contribution in [3.05, 3.63) is 64.0 Å². The molecule has 25 heavy (non-hydrogen) atoms. The second-order valence-electron chi connectivity index (χ2n) is 6.49. The number of carbonyl (C=O) groups is 1. The number of fused-ring (bicyclic) bond motifs is 1.